The third-order valence-corrected chi connectivity index (χ3v) is 2.36. The maximum absolute atomic E-state index is 4.47. The van der Waals surface area contributed by atoms with Gasteiger partial charge in [-0.1, -0.05) is 0 Å². The summed E-state index contributed by atoms with van der Waals surface area (Å²) in [4.78, 5) is 8.88. The number of nitrogens with zero attached hydrogens (tertiary/aromatic N) is 2. The van der Waals surface area contributed by atoms with Crippen molar-refractivity contribution in [2.45, 2.75) is 52.0 Å². The van der Waals surface area contributed by atoms with Crippen molar-refractivity contribution in [1.82, 2.24) is 9.97 Å². The molecule has 1 fully saturated rings. The Kier molecular flexibility index (Phi) is 2.41. The molecule has 0 unspecified atom stereocenters. The zero-order chi connectivity index (χ0) is 11.1. The Balaban J connectivity index is 2.23. The van der Waals surface area contributed by atoms with Crippen LogP contribution in [0.25, 0.3) is 0 Å². The van der Waals surface area contributed by atoms with Gasteiger partial charge in [0.2, 0.25) is 0 Å². The van der Waals surface area contributed by atoms with Crippen LogP contribution in [0.1, 0.15) is 51.0 Å². The maximum Gasteiger partial charge on any atom is 0.130 e. The molecule has 1 aliphatic rings. The zero-order valence-corrected chi connectivity index (χ0v) is 9.96. The van der Waals surface area contributed by atoms with E-state index in [9.17, 15) is 0 Å². The third-order valence-electron chi connectivity index (χ3n) is 2.36. The summed E-state index contributed by atoms with van der Waals surface area (Å²) in [5.74, 6) is 2.51. The highest BCUT2D eigenvalue weighted by Gasteiger charge is 2.26. The molecule has 15 heavy (non-hydrogen) atoms. The van der Waals surface area contributed by atoms with E-state index in [4.69, 9.17) is 0 Å². The predicted molar refractivity (Wildman–Crippen MR) is 62.1 cm³/mol. The monoisotopic (exact) mass is 205 g/mol. The second kappa shape index (κ2) is 3.47. The van der Waals surface area contributed by atoms with Gasteiger partial charge in [0.05, 0.1) is 0 Å². The molecule has 0 aliphatic heterocycles. The van der Waals surface area contributed by atoms with Gasteiger partial charge in [0, 0.05) is 23.2 Å². The smallest absolute Gasteiger partial charge is 0.130 e. The van der Waals surface area contributed by atoms with E-state index in [2.05, 4.69) is 42.1 Å². The fourth-order valence-electron chi connectivity index (χ4n) is 1.63. The second-order valence-corrected chi connectivity index (χ2v) is 5.37. The lowest BCUT2D eigenvalue weighted by molar-refractivity contribution is 0.629. The Morgan fingerprint density at radius 2 is 1.93 bits per heavy atom. The van der Waals surface area contributed by atoms with Crippen LogP contribution in [0, 0.1) is 6.92 Å². The molecule has 3 nitrogen and oxygen atoms in total. The molecule has 1 aromatic rings. The molecule has 1 aromatic heterocycles. The second-order valence-electron chi connectivity index (χ2n) is 5.37. The minimum Gasteiger partial charge on any atom is -0.365 e. The average molecular weight is 205 g/mol. The molecule has 0 amide bonds. The first kappa shape index (κ1) is 10.4. The molecule has 0 radical (unpaired) electrons. The van der Waals surface area contributed by atoms with Crippen LogP contribution in [-0.2, 0) is 0 Å². The van der Waals surface area contributed by atoms with E-state index in [1.165, 1.54) is 18.5 Å². The van der Waals surface area contributed by atoms with Crippen LogP contribution in [0.2, 0.25) is 0 Å². The molecule has 82 valence electrons. The first-order chi connectivity index (χ1) is 6.94. The van der Waals surface area contributed by atoms with Gasteiger partial charge in [-0.25, -0.2) is 9.97 Å². The lowest BCUT2D eigenvalue weighted by atomic mass is 10.1. The molecule has 0 spiro atoms. The number of anilines is 1. The standard InChI is InChI=1S/C12H19N3/c1-8-13-10(9-5-6-9)7-11(14-8)15-12(2,3)4/h7,9H,5-6H2,1-4H3,(H,13,14,15). The summed E-state index contributed by atoms with van der Waals surface area (Å²) in [6.07, 6.45) is 2.57. The van der Waals surface area contributed by atoms with E-state index in [1.807, 2.05) is 6.92 Å². The zero-order valence-electron chi connectivity index (χ0n) is 9.96. The predicted octanol–water partition coefficient (Wildman–Crippen LogP) is 2.87. The van der Waals surface area contributed by atoms with Crippen LogP contribution in [0.5, 0.6) is 0 Å². The Labute approximate surface area is 91.3 Å². The number of rotatable bonds is 2. The number of hydrogen-bond donors (Lipinski definition) is 1. The molecule has 3 heteroatoms. The van der Waals surface area contributed by atoms with E-state index in [1.54, 1.807) is 0 Å². The number of aryl methyl sites for hydroxylation is 1. The molecular weight excluding hydrogens is 186 g/mol. The molecule has 1 heterocycles. The first-order valence-electron chi connectivity index (χ1n) is 5.58. The molecule has 1 N–H and O–H groups in total. The van der Waals surface area contributed by atoms with Crippen LogP contribution < -0.4 is 5.32 Å². The summed E-state index contributed by atoms with van der Waals surface area (Å²) >= 11 is 0. The highest BCUT2D eigenvalue weighted by molar-refractivity contribution is 5.40. The molecule has 0 aromatic carbocycles. The van der Waals surface area contributed by atoms with Gasteiger partial charge in [-0.3, -0.25) is 0 Å². The fraction of sp³-hybridized carbons (Fsp3) is 0.667. The lowest BCUT2D eigenvalue weighted by Gasteiger charge is -2.21. The highest BCUT2D eigenvalue weighted by atomic mass is 15.1. The van der Waals surface area contributed by atoms with Gasteiger partial charge in [0.1, 0.15) is 11.6 Å². The van der Waals surface area contributed by atoms with E-state index >= 15 is 0 Å². The number of nitrogens with one attached hydrogen (secondary N) is 1. The number of aromatic nitrogens is 2. The molecule has 1 aliphatic carbocycles. The number of hydrogen-bond acceptors (Lipinski definition) is 3. The van der Waals surface area contributed by atoms with Gasteiger partial charge >= 0.3 is 0 Å². The van der Waals surface area contributed by atoms with Crippen molar-refractivity contribution in [1.29, 1.82) is 0 Å². The first-order valence-corrected chi connectivity index (χ1v) is 5.58. The quantitative estimate of drug-likeness (QED) is 0.806. The topological polar surface area (TPSA) is 37.8 Å². The normalized spacial score (nSPS) is 16.5. The molecule has 1 saturated carbocycles. The summed E-state index contributed by atoms with van der Waals surface area (Å²) in [5.41, 5.74) is 1.26. The van der Waals surface area contributed by atoms with E-state index in [0.717, 1.165) is 11.6 Å². The van der Waals surface area contributed by atoms with Gasteiger partial charge in [0.15, 0.2) is 0 Å². The van der Waals surface area contributed by atoms with E-state index in [-0.39, 0.29) is 5.54 Å². The van der Waals surface area contributed by atoms with Gasteiger partial charge in [-0.05, 0) is 40.5 Å². The Morgan fingerprint density at radius 3 is 2.47 bits per heavy atom. The Bertz CT molecular complexity index is 362. The lowest BCUT2D eigenvalue weighted by Crippen LogP contribution is -2.27. The van der Waals surface area contributed by atoms with E-state index < -0.39 is 0 Å². The van der Waals surface area contributed by atoms with Crippen LogP contribution in [0.15, 0.2) is 6.07 Å². The summed E-state index contributed by atoms with van der Waals surface area (Å²) in [6.45, 7) is 8.38. The minimum atomic E-state index is 0.0572. The Morgan fingerprint density at radius 1 is 1.27 bits per heavy atom. The third kappa shape index (κ3) is 2.91. The largest absolute Gasteiger partial charge is 0.365 e. The van der Waals surface area contributed by atoms with Crippen molar-refractivity contribution in [3.8, 4) is 0 Å². The van der Waals surface area contributed by atoms with Crippen LogP contribution in [0.3, 0.4) is 0 Å². The average Bonchev–Trinajstić information content (AvgIpc) is 2.80. The molecule has 0 bridgehead atoms. The van der Waals surface area contributed by atoms with Crippen molar-refractivity contribution >= 4 is 5.82 Å². The van der Waals surface area contributed by atoms with Crippen LogP contribution in [-0.4, -0.2) is 15.5 Å². The van der Waals surface area contributed by atoms with Crippen molar-refractivity contribution in [3.63, 3.8) is 0 Å². The van der Waals surface area contributed by atoms with E-state index in [0.29, 0.717) is 5.92 Å². The Hall–Kier alpha value is -1.12. The maximum atomic E-state index is 4.47. The van der Waals surface area contributed by atoms with Crippen LogP contribution in [0.4, 0.5) is 5.82 Å². The minimum absolute atomic E-state index is 0.0572. The van der Waals surface area contributed by atoms with Gasteiger partial charge in [-0.15, -0.1) is 0 Å². The van der Waals surface area contributed by atoms with Crippen molar-refractivity contribution in [2.75, 3.05) is 5.32 Å². The van der Waals surface area contributed by atoms with Gasteiger partial charge < -0.3 is 5.32 Å². The molecule has 0 atom stereocenters. The fourth-order valence-corrected chi connectivity index (χ4v) is 1.63. The van der Waals surface area contributed by atoms with Crippen molar-refractivity contribution < 1.29 is 0 Å². The molecular formula is C12H19N3. The highest BCUT2D eigenvalue weighted by Crippen LogP contribution is 2.39. The summed E-state index contributed by atoms with van der Waals surface area (Å²) in [7, 11) is 0. The summed E-state index contributed by atoms with van der Waals surface area (Å²) in [5, 5.41) is 3.39. The van der Waals surface area contributed by atoms with Crippen LogP contribution >= 0.6 is 0 Å². The molecule has 0 saturated heterocycles. The SMILES string of the molecule is Cc1nc(NC(C)(C)C)cc(C2CC2)n1. The summed E-state index contributed by atoms with van der Waals surface area (Å²) in [6, 6.07) is 2.09. The molecule has 2 rings (SSSR count). The summed E-state index contributed by atoms with van der Waals surface area (Å²) < 4.78 is 0. The van der Waals surface area contributed by atoms with Crippen molar-refractivity contribution in [3.05, 3.63) is 17.6 Å². The van der Waals surface area contributed by atoms with Crippen molar-refractivity contribution in [2.24, 2.45) is 0 Å². The van der Waals surface area contributed by atoms with Gasteiger partial charge in [0.25, 0.3) is 0 Å². The van der Waals surface area contributed by atoms with Gasteiger partial charge in [-0.2, -0.15) is 0 Å².